The second-order valence-corrected chi connectivity index (χ2v) is 6.61. The van der Waals surface area contributed by atoms with Gasteiger partial charge >= 0.3 is 0 Å². The third kappa shape index (κ3) is 8.14. The highest BCUT2D eigenvalue weighted by Crippen LogP contribution is 2.29. The predicted octanol–water partition coefficient (Wildman–Crippen LogP) is 5.19. The van der Waals surface area contributed by atoms with Crippen molar-refractivity contribution in [1.29, 1.82) is 0 Å². The van der Waals surface area contributed by atoms with Crippen LogP contribution in [0.5, 0.6) is 0 Å². The van der Waals surface area contributed by atoms with E-state index in [0.717, 1.165) is 45.1 Å². The van der Waals surface area contributed by atoms with E-state index in [1.54, 1.807) is 0 Å². The molecule has 0 saturated heterocycles. The molecule has 0 aromatic rings. The maximum Gasteiger partial charge on any atom is 0.0102 e. The maximum absolute atomic E-state index is 6.22. The summed E-state index contributed by atoms with van der Waals surface area (Å²) in [6.07, 6.45) is 18.2. The second-order valence-electron chi connectivity index (χ2n) is 6.61. The summed E-state index contributed by atoms with van der Waals surface area (Å²) in [7, 11) is 0. The molecule has 2 heteroatoms. The van der Waals surface area contributed by atoms with Crippen molar-refractivity contribution in [3.63, 3.8) is 0 Å². The van der Waals surface area contributed by atoms with E-state index >= 15 is 0 Å². The number of hydrogen-bond donors (Lipinski definition) is 2. The molecule has 0 bridgehead atoms. The third-order valence-corrected chi connectivity index (χ3v) is 5.38. The Kier molecular flexibility index (Phi) is 12.5. The van der Waals surface area contributed by atoms with Crippen LogP contribution in [0.1, 0.15) is 79.1 Å². The van der Waals surface area contributed by atoms with Gasteiger partial charge in [-0.2, -0.15) is 0 Å². The van der Waals surface area contributed by atoms with Crippen molar-refractivity contribution in [2.75, 3.05) is 6.54 Å². The summed E-state index contributed by atoms with van der Waals surface area (Å²) < 4.78 is 0. The van der Waals surface area contributed by atoms with E-state index in [0.29, 0.717) is 17.4 Å². The SMILES string of the molecule is CCC(CC)C(N)CC=CCCC=CCC(CC)(CC)CN. The van der Waals surface area contributed by atoms with Crippen LogP contribution in [0, 0.1) is 11.3 Å². The number of nitrogens with two attached hydrogens (primary N) is 2. The molecular weight excluding hydrogens is 268 g/mol. The minimum Gasteiger partial charge on any atom is -0.330 e. The topological polar surface area (TPSA) is 52.0 Å². The van der Waals surface area contributed by atoms with Crippen molar-refractivity contribution < 1.29 is 0 Å². The summed E-state index contributed by atoms with van der Waals surface area (Å²) >= 11 is 0. The lowest BCUT2D eigenvalue weighted by atomic mass is 9.79. The minimum absolute atomic E-state index is 0.314. The molecule has 0 spiro atoms. The molecule has 0 heterocycles. The van der Waals surface area contributed by atoms with E-state index in [-0.39, 0.29) is 0 Å². The molecule has 0 aliphatic rings. The molecule has 0 saturated carbocycles. The molecule has 0 aromatic heterocycles. The van der Waals surface area contributed by atoms with Gasteiger partial charge in [-0.05, 0) is 56.4 Å². The first-order valence-electron chi connectivity index (χ1n) is 9.34. The van der Waals surface area contributed by atoms with E-state index < -0.39 is 0 Å². The van der Waals surface area contributed by atoms with Crippen molar-refractivity contribution in [2.24, 2.45) is 22.8 Å². The highest BCUT2D eigenvalue weighted by molar-refractivity contribution is 4.94. The first kappa shape index (κ1) is 21.4. The Hall–Kier alpha value is -0.600. The Bertz CT molecular complexity index is 291. The van der Waals surface area contributed by atoms with Crippen LogP contribution in [0.15, 0.2) is 24.3 Å². The third-order valence-electron chi connectivity index (χ3n) is 5.38. The predicted molar refractivity (Wildman–Crippen MR) is 101 cm³/mol. The molecule has 0 amide bonds. The lowest BCUT2D eigenvalue weighted by Gasteiger charge is -2.28. The normalized spacial score (nSPS) is 14.5. The molecule has 4 N–H and O–H groups in total. The Morgan fingerprint density at radius 1 is 0.864 bits per heavy atom. The lowest BCUT2D eigenvalue weighted by molar-refractivity contribution is 0.277. The summed E-state index contributed by atoms with van der Waals surface area (Å²) in [4.78, 5) is 0. The first-order valence-corrected chi connectivity index (χ1v) is 9.34. The zero-order chi connectivity index (χ0) is 16.8. The zero-order valence-corrected chi connectivity index (χ0v) is 15.5. The van der Waals surface area contributed by atoms with Gasteiger partial charge in [-0.3, -0.25) is 0 Å². The maximum atomic E-state index is 6.22. The van der Waals surface area contributed by atoms with Gasteiger partial charge in [0, 0.05) is 6.04 Å². The van der Waals surface area contributed by atoms with Gasteiger partial charge in [0.15, 0.2) is 0 Å². The van der Waals surface area contributed by atoms with Gasteiger partial charge in [0.05, 0.1) is 0 Å². The lowest BCUT2D eigenvalue weighted by Crippen LogP contribution is -2.28. The number of hydrogen-bond acceptors (Lipinski definition) is 2. The molecule has 2 nitrogen and oxygen atoms in total. The highest BCUT2D eigenvalue weighted by atomic mass is 14.6. The summed E-state index contributed by atoms with van der Waals surface area (Å²) in [5.74, 6) is 0.664. The molecule has 0 fully saturated rings. The quantitative estimate of drug-likeness (QED) is 0.363. The molecule has 130 valence electrons. The molecule has 0 radical (unpaired) electrons. The van der Waals surface area contributed by atoms with E-state index in [1.807, 2.05) is 0 Å². The van der Waals surface area contributed by atoms with Gasteiger partial charge in [-0.15, -0.1) is 0 Å². The van der Waals surface area contributed by atoms with Crippen LogP contribution in [0.3, 0.4) is 0 Å². The molecular formula is C20H40N2. The molecule has 0 aromatic carbocycles. The second kappa shape index (κ2) is 12.9. The number of unbranched alkanes of at least 4 members (excludes halogenated alkanes) is 1. The van der Waals surface area contributed by atoms with Crippen LogP contribution < -0.4 is 11.5 Å². The van der Waals surface area contributed by atoms with Crippen molar-refractivity contribution in [3.8, 4) is 0 Å². The van der Waals surface area contributed by atoms with Crippen LogP contribution in [0.4, 0.5) is 0 Å². The zero-order valence-electron chi connectivity index (χ0n) is 15.5. The van der Waals surface area contributed by atoms with Crippen LogP contribution in [0.2, 0.25) is 0 Å². The fourth-order valence-electron chi connectivity index (χ4n) is 3.01. The molecule has 0 rings (SSSR count). The standard InChI is InChI=1S/C20H40N2/c1-5-18(6-2)19(22)15-13-11-9-10-12-14-16-20(7-3,8-4)17-21/h11-14,18-19H,5-10,15-17,21-22H2,1-4H3. The minimum atomic E-state index is 0.314. The Morgan fingerprint density at radius 3 is 1.86 bits per heavy atom. The van der Waals surface area contributed by atoms with E-state index in [2.05, 4.69) is 52.0 Å². The van der Waals surface area contributed by atoms with Crippen molar-refractivity contribution in [2.45, 2.75) is 85.1 Å². The summed E-state index contributed by atoms with van der Waals surface area (Å²) in [6.45, 7) is 9.75. The number of rotatable bonds is 13. The molecule has 0 aliphatic heterocycles. The van der Waals surface area contributed by atoms with Gasteiger partial charge in [-0.1, -0.05) is 64.8 Å². The van der Waals surface area contributed by atoms with Crippen LogP contribution >= 0.6 is 0 Å². The highest BCUT2D eigenvalue weighted by Gasteiger charge is 2.22. The van der Waals surface area contributed by atoms with Crippen molar-refractivity contribution in [1.82, 2.24) is 0 Å². The Balaban J connectivity index is 3.93. The van der Waals surface area contributed by atoms with Crippen LogP contribution in [-0.4, -0.2) is 12.6 Å². The molecule has 1 atom stereocenters. The van der Waals surface area contributed by atoms with Crippen molar-refractivity contribution in [3.05, 3.63) is 24.3 Å². The first-order chi connectivity index (χ1) is 10.6. The molecule has 0 aliphatic carbocycles. The largest absolute Gasteiger partial charge is 0.330 e. The van der Waals surface area contributed by atoms with Gasteiger partial charge in [0.25, 0.3) is 0 Å². The summed E-state index contributed by atoms with van der Waals surface area (Å²) in [5.41, 5.74) is 12.5. The van der Waals surface area contributed by atoms with E-state index in [9.17, 15) is 0 Å². The average Bonchev–Trinajstić information content (AvgIpc) is 2.55. The Morgan fingerprint density at radius 2 is 1.41 bits per heavy atom. The average molecular weight is 309 g/mol. The monoisotopic (exact) mass is 308 g/mol. The molecule has 22 heavy (non-hydrogen) atoms. The number of allylic oxidation sites excluding steroid dienone is 3. The van der Waals surface area contributed by atoms with Crippen LogP contribution in [-0.2, 0) is 0 Å². The van der Waals surface area contributed by atoms with Gasteiger partial charge in [0.2, 0.25) is 0 Å². The summed E-state index contributed by atoms with van der Waals surface area (Å²) in [5, 5.41) is 0. The smallest absolute Gasteiger partial charge is 0.0102 e. The van der Waals surface area contributed by atoms with Crippen LogP contribution in [0.25, 0.3) is 0 Å². The van der Waals surface area contributed by atoms with E-state index in [1.165, 1.54) is 12.8 Å². The fourth-order valence-corrected chi connectivity index (χ4v) is 3.01. The van der Waals surface area contributed by atoms with Gasteiger partial charge < -0.3 is 11.5 Å². The van der Waals surface area contributed by atoms with Gasteiger partial charge in [-0.25, -0.2) is 0 Å². The Labute approximate surface area is 139 Å². The fraction of sp³-hybridized carbons (Fsp3) is 0.800. The van der Waals surface area contributed by atoms with Crippen molar-refractivity contribution >= 4 is 0 Å². The summed E-state index contributed by atoms with van der Waals surface area (Å²) in [6, 6.07) is 0.320. The van der Waals surface area contributed by atoms with Gasteiger partial charge in [0.1, 0.15) is 0 Å². The molecule has 1 unspecified atom stereocenters. The van der Waals surface area contributed by atoms with E-state index in [4.69, 9.17) is 11.5 Å².